The van der Waals surface area contributed by atoms with Crippen molar-refractivity contribution in [2.24, 2.45) is 0 Å². The van der Waals surface area contributed by atoms with Gasteiger partial charge in [0.15, 0.2) is 12.6 Å². The summed E-state index contributed by atoms with van der Waals surface area (Å²) in [5, 5.41) is 72.5. The third-order valence-corrected chi connectivity index (χ3v) is 14.8. The fourth-order valence-electron chi connectivity index (χ4n) is 9.59. The Morgan fingerprint density at radius 1 is 0.410 bits per heavy atom. The Morgan fingerprint density at radius 2 is 0.783 bits per heavy atom. The summed E-state index contributed by atoms with van der Waals surface area (Å²) in [4.78, 5) is 13.1. The Morgan fingerprint density at radius 3 is 1.23 bits per heavy atom. The molecular formula is C69H116O14. The summed E-state index contributed by atoms with van der Waals surface area (Å²) < 4.78 is 34.4. The minimum absolute atomic E-state index is 0.0403. The van der Waals surface area contributed by atoms with Crippen molar-refractivity contribution in [2.45, 2.75) is 287 Å². The first-order valence-corrected chi connectivity index (χ1v) is 32.5. The molecule has 2 fully saturated rings. The summed E-state index contributed by atoms with van der Waals surface area (Å²) in [6, 6.07) is 0. The van der Waals surface area contributed by atoms with Crippen LogP contribution in [-0.4, -0.2) is 142 Å². The third kappa shape index (κ3) is 39.9. The molecule has 14 nitrogen and oxygen atoms in total. The predicted octanol–water partition coefficient (Wildman–Crippen LogP) is 13.1. The van der Waals surface area contributed by atoms with Crippen molar-refractivity contribution in [3.63, 3.8) is 0 Å². The minimum atomic E-state index is -1.72. The van der Waals surface area contributed by atoms with Crippen molar-refractivity contribution in [1.82, 2.24) is 0 Å². The zero-order valence-electron chi connectivity index (χ0n) is 51.4. The van der Waals surface area contributed by atoms with Gasteiger partial charge in [0.25, 0.3) is 0 Å². The van der Waals surface area contributed by atoms with Crippen LogP contribution < -0.4 is 0 Å². The molecule has 7 N–H and O–H groups in total. The zero-order chi connectivity index (χ0) is 60.1. The summed E-state index contributed by atoms with van der Waals surface area (Å²) >= 11 is 0. The molecule has 0 amide bonds. The predicted molar refractivity (Wildman–Crippen MR) is 334 cm³/mol. The number of carbonyl (C=O) groups excluding carboxylic acids is 1. The first-order chi connectivity index (χ1) is 40.6. The molecule has 11 atom stereocenters. The van der Waals surface area contributed by atoms with E-state index in [2.05, 4.69) is 123 Å². The fraction of sp³-hybridized carbons (Fsp3) is 0.725. The van der Waals surface area contributed by atoms with E-state index in [1.54, 1.807) is 0 Å². The van der Waals surface area contributed by atoms with E-state index in [0.717, 1.165) is 89.9 Å². The Labute approximate surface area is 502 Å². The lowest BCUT2D eigenvalue weighted by atomic mass is 9.98. The number of rotatable bonds is 52. The molecule has 0 aromatic carbocycles. The molecule has 0 aromatic rings. The largest absolute Gasteiger partial charge is 0.457 e. The van der Waals surface area contributed by atoms with Crippen LogP contribution >= 0.6 is 0 Å². The lowest BCUT2D eigenvalue weighted by Crippen LogP contribution is -2.61. The number of aliphatic hydroxyl groups is 7. The summed E-state index contributed by atoms with van der Waals surface area (Å²) in [5.74, 6) is -0.410. The highest BCUT2D eigenvalue weighted by Gasteiger charge is 2.47. The van der Waals surface area contributed by atoms with E-state index in [0.29, 0.717) is 13.0 Å². The number of ether oxygens (including phenoxy) is 6. The van der Waals surface area contributed by atoms with Crippen LogP contribution in [-0.2, 0) is 33.2 Å². The topological polar surface area (TPSA) is 214 Å². The van der Waals surface area contributed by atoms with E-state index >= 15 is 0 Å². The standard InChI is InChI=1S/C69H116O14/c1-3-5-7-9-11-13-15-17-19-21-23-25-27-29-30-32-34-36-38-40-42-44-46-48-50-52-61(71)81-58(56-79-68-67(77)65(75)63(73)60(83-68)57-80-69-66(76)64(74)62(72)59(54-70)82-69)55-78-53-51-49-47-45-43-41-39-37-35-33-31-28-26-24-22-20-18-16-14-12-10-8-6-4-2/h5,7,11,13,16-19,22-25,29-30,34,36,40,42,58-60,62-70,72-77H,3-4,6,8-10,12,14-15,20-21,26-28,31-33,35,37-39,41,43-57H2,1-2H3/b7-5-,13-11-,18-16-,19-17-,24-22-,25-23-,30-29-,36-34-,42-40-. The number of esters is 1. The molecule has 0 aromatic heterocycles. The molecule has 2 aliphatic rings. The normalized spacial score (nSPS) is 24.2. The maximum atomic E-state index is 13.1. The third-order valence-electron chi connectivity index (χ3n) is 14.8. The Balaban J connectivity index is 1.70. The second-order valence-corrected chi connectivity index (χ2v) is 22.2. The van der Waals surface area contributed by atoms with E-state index in [-0.39, 0.29) is 19.6 Å². The molecule has 2 aliphatic heterocycles. The second kappa shape index (κ2) is 54.1. The van der Waals surface area contributed by atoms with Crippen molar-refractivity contribution in [2.75, 3.05) is 33.0 Å². The van der Waals surface area contributed by atoms with Gasteiger partial charge in [0.2, 0.25) is 0 Å². The van der Waals surface area contributed by atoms with Gasteiger partial charge in [0, 0.05) is 13.0 Å². The summed E-state index contributed by atoms with van der Waals surface area (Å²) in [5.41, 5.74) is 0. The molecule has 2 saturated heterocycles. The molecule has 0 bridgehead atoms. The maximum absolute atomic E-state index is 13.1. The Bertz CT molecular complexity index is 1790. The van der Waals surface area contributed by atoms with Crippen LogP contribution in [0.2, 0.25) is 0 Å². The smallest absolute Gasteiger partial charge is 0.306 e. The summed E-state index contributed by atoms with van der Waals surface area (Å²) in [7, 11) is 0. The number of allylic oxidation sites excluding steroid dienone is 18. The average Bonchev–Trinajstić information content (AvgIpc) is 3.67. The molecular weight excluding hydrogens is 1050 g/mol. The SMILES string of the molecule is CC/C=C\C/C=C\C/C=C\C/C=C\C/C=C\C/C=C\C/C=C\CCCCCC(=O)OC(COCCCCCCCCCCCCCC/C=C\C/C=C\CCCCCCC)COC1OC(COC2OC(CO)C(O)C(O)C2O)C(O)C(O)C1O. The van der Waals surface area contributed by atoms with Gasteiger partial charge in [-0.3, -0.25) is 4.79 Å². The van der Waals surface area contributed by atoms with Crippen LogP contribution in [0.4, 0.5) is 0 Å². The zero-order valence-corrected chi connectivity index (χ0v) is 51.4. The first kappa shape index (κ1) is 75.7. The van der Waals surface area contributed by atoms with Gasteiger partial charge < -0.3 is 64.2 Å². The molecule has 0 spiro atoms. The fourth-order valence-corrected chi connectivity index (χ4v) is 9.59. The highest BCUT2D eigenvalue weighted by molar-refractivity contribution is 5.69. The minimum Gasteiger partial charge on any atom is -0.457 e. The highest BCUT2D eigenvalue weighted by atomic mass is 16.7. The van der Waals surface area contributed by atoms with Crippen molar-refractivity contribution >= 4 is 5.97 Å². The average molecular weight is 1170 g/mol. The quantitative estimate of drug-likeness (QED) is 0.0172. The van der Waals surface area contributed by atoms with Crippen LogP contribution in [0.1, 0.15) is 219 Å². The van der Waals surface area contributed by atoms with E-state index in [1.165, 1.54) is 103 Å². The first-order valence-electron chi connectivity index (χ1n) is 32.5. The van der Waals surface area contributed by atoms with Gasteiger partial charge in [0.05, 0.1) is 26.4 Å². The Kier molecular flexibility index (Phi) is 49.3. The molecule has 0 saturated carbocycles. The molecule has 2 rings (SSSR count). The number of carbonyl (C=O) groups is 1. The van der Waals surface area contributed by atoms with Gasteiger partial charge >= 0.3 is 5.97 Å². The number of aliphatic hydroxyl groups excluding tert-OH is 7. The van der Waals surface area contributed by atoms with E-state index in [1.807, 2.05) is 0 Å². The van der Waals surface area contributed by atoms with Crippen molar-refractivity contribution in [3.8, 4) is 0 Å². The lowest BCUT2D eigenvalue weighted by molar-refractivity contribution is -0.332. The maximum Gasteiger partial charge on any atom is 0.306 e. The molecule has 11 unspecified atom stereocenters. The van der Waals surface area contributed by atoms with Gasteiger partial charge in [0.1, 0.15) is 54.9 Å². The van der Waals surface area contributed by atoms with Gasteiger partial charge in [-0.2, -0.15) is 0 Å². The highest BCUT2D eigenvalue weighted by Crippen LogP contribution is 2.27. The molecule has 14 heteroatoms. The van der Waals surface area contributed by atoms with Crippen molar-refractivity contribution in [3.05, 3.63) is 109 Å². The molecule has 83 heavy (non-hydrogen) atoms. The van der Waals surface area contributed by atoms with Gasteiger partial charge in [-0.15, -0.1) is 0 Å². The number of hydrogen-bond acceptors (Lipinski definition) is 14. The summed E-state index contributed by atoms with van der Waals surface area (Å²) in [6.07, 6.45) is 58.6. The Hall–Kier alpha value is -3.35. The van der Waals surface area contributed by atoms with Crippen LogP contribution in [0.25, 0.3) is 0 Å². The molecule has 0 radical (unpaired) electrons. The lowest BCUT2D eigenvalue weighted by Gasteiger charge is -2.42. The van der Waals surface area contributed by atoms with E-state index in [4.69, 9.17) is 28.4 Å². The van der Waals surface area contributed by atoms with E-state index < -0.39 is 86.7 Å². The van der Waals surface area contributed by atoms with Gasteiger partial charge in [-0.1, -0.05) is 220 Å². The monoisotopic (exact) mass is 1170 g/mol. The van der Waals surface area contributed by atoms with Gasteiger partial charge in [-0.25, -0.2) is 0 Å². The van der Waals surface area contributed by atoms with Gasteiger partial charge in [-0.05, 0) is 103 Å². The molecule has 0 aliphatic carbocycles. The van der Waals surface area contributed by atoms with E-state index in [9.17, 15) is 40.5 Å². The van der Waals surface area contributed by atoms with Crippen LogP contribution in [0, 0.1) is 0 Å². The number of unbranched alkanes of at least 4 members (excludes halogenated alkanes) is 20. The molecule has 476 valence electrons. The van der Waals surface area contributed by atoms with Crippen molar-refractivity contribution in [1.29, 1.82) is 0 Å². The van der Waals surface area contributed by atoms with Crippen molar-refractivity contribution < 1.29 is 69.0 Å². The molecule has 2 heterocycles. The van der Waals surface area contributed by atoms with Crippen LogP contribution in [0.3, 0.4) is 0 Å². The second-order valence-electron chi connectivity index (χ2n) is 22.2. The van der Waals surface area contributed by atoms with Crippen LogP contribution in [0.5, 0.6) is 0 Å². The van der Waals surface area contributed by atoms with Crippen LogP contribution in [0.15, 0.2) is 109 Å². The summed E-state index contributed by atoms with van der Waals surface area (Å²) in [6.45, 7) is 3.52. The number of hydrogen-bond donors (Lipinski definition) is 7.